The molecule has 6 heteroatoms. The quantitative estimate of drug-likeness (QED) is 0.823. The van der Waals surface area contributed by atoms with Crippen LogP contribution in [0.15, 0.2) is 22.8 Å². The molecule has 0 spiro atoms. The van der Waals surface area contributed by atoms with E-state index < -0.39 is 12.3 Å². The number of halogens is 4. The van der Waals surface area contributed by atoms with Crippen molar-refractivity contribution < 1.29 is 17.9 Å². The number of ether oxygens (including phenoxy) is 1. The fraction of sp³-hybridized carbons (Fsp3) is 0.375. The van der Waals surface area contributed by atoms with Gasteiger partial charge in [0, 0.05) is 17.8 Å². The molecule has 0 amide bonds. The summed E-state index contributed by atoms with van der Waals surface area (Å²) < 4.78 is 41.8. The number of rotatable bonds is 2. The standard InChI is InChI=1S/C8H7BrF3NO/c1-14-7(8(10,11)12)6-5(9)3-2-4-13-6/h2-4,7H,1H3. The second-order valence-electron chi connectivity index (χ2n) is 2.53. The van der Waals surface area contributed by atoms with Gasteiger partial charge in [-0.3, -0.25) is 4.98 Å². The number of pyridine rings is 1. The summed E-state index contributed by atoms with van der Waals surface area (Å²) in [7, 11) is 0.999. The van der Waals surface area contributed by atoms with Crippen LogP contribution < -0.4 is 0 Å². The lowest BCUT2D eigenvalue weighted by atomic mass is 10.2. The van der Waals surface area contributed by atoms with Gasteiger partial charge in [0.25, 0.3) is 0 Å². The predicted molar refractivity (Wildman–Crippen MR) is 47.7 cm³/mol. The fourth-order valence-electron chi connectivity index (χ4n) is 0.991. The zero-order valence-corrected chi connectivity index (χ0v) is 8.76. The van der Waals surface area contributed by atoms with Crippen molar-refractivity contribution in [2.45, 2.75) is 12.3 Å². The van der Waals surface area contributed by atoms with Gasteiger partial charge >= 0.3 is 6.18 Å². The molecule has 0 aliphatic heterocycles. The van der Waals surface area contributed by atoms with E-state index in [0.717, 1.165) is 7.11 Å². The smallest absolute Gasteiger partial charge is 0.366 e. The van der Waals surface area contributed by atoms with Crippen molar-refractivity contribution in [2.75, 3.05) is 7.11 Å². The molecule has 0 fully saturated rings. The number of methoxy groups -OCH3 is 1. The lowest BCUT2D eigenvalue weighted by Crippen LogP contribution is -2.23. The molecule has 0 N–H and O–H groups in total. The third-order valence-electron chi connectivity index (χ3n) is 1.57. The van der Waals surface area contributed by atoms with E-state index in [9.17, 15) is 13.2 Å². The molecule has 0 aliphatic rings. The van der Waals surface area contributed by atoms with Crippen LogP contribution in [0.4, 0.5) is 13.2 Å². The summed E-state index contributed by atoms with van der Waals surface area (Å²) in [5.74, 6) is 0. The highest BCUT2D eigenvalue weighted by Crippen LogP contribution is 2.36. The average Bonchev–Trinajstić information content (AvgIpc) is 2.07. The maximum absolute atomic E-state index is 12.4. The van der Waals surface area contributed by atoms with Crippen molar-refractivity contribution in [3.8, 4) is 0 Å². The Morgan fingerprint density at radius 3 is 2.57 bits per heavy atom. The lowest BCUT2D eigenvalue weighted by Gasteiger charge is -2.18. The molecule has 0 saturated heterocycles. The van der Waals surface area contributed by atoms with Gasteiger partial charge in [-0.05, 0) is 28.1 Å². The molecule has 1 unspecified atom stereocenters. The Kier molecular flexibility index (Phi) is 3.49. The summed E-state index contributed by atoms with van der Waals surface area (Å²) in [6.45, 7) is 0. The summed E-state index contributed by atoms with van der Waals surface area (Å²) >= 11 is 2.99. The Hall–Kier alpha value is -0.620. The molecule has 1 rings (SSSR count). The van der Waals surface area contributed by atoms with E-state index in [-0.39, 0.29) is 10.2 Å². The van der Waals surface area contributed by atoms with E-state index in [0.29, 0.717) is 0 Å². The zero-order valence-electron chi connectivity index (χ0n) is 7.18. The first-order chi connectivity index (χ1) is 6.46. The number of alkyl halides is 3. The Bertz CT molecular complexity index is 316. The molecule has 1 atom stereocenters. The van der Waals surface area contributed by atoms with Gasteiger partial charge in [0.15, 0.2) is 6.10 Å². The summed E-state index contributed by atoms with van der Waals surface area (Å²) in [6.07, 6.45) is -5.15. The van der Waals surface area contributed by atoms with E-state index in [1.807, 2.05) is 0 Å². The van der Waals surface area contributed by atoms with E-state index >= 15 is 0 Å². The van der Waals surface area contributed by atoms with Crippen LogP contribution in [0.3, 0.4) is 0 Å². The fourth-order valence-corrected chi connectivity index (χ4v) is 1.45. The van der Waals surface area contributed by atoms with Crippen LogP contribution in [0.2, 0.25) is 0 Å². The summed E-state index contributed by atoms with van der Waals surface area (Å²) in [4.78, 5) is 3.62. The van der Waals surface area contributed by atoms with Gasteiger partial charge in [0.05, 0.1) is 5.69 Å². The lowest BCUT2D eigenvalue weighted by molar-refractivity contribution is -0.217. The van der Waals surface area contributed by atoms with E-state index in [1.165, 1.54) is 18.3 Å². The monoisotopic (exact) mass is 269 g/mol. The van der Waals surface area contributed by atoms with Gasteiger partial charge in [-0.1, -0.05) is 0 Å². The molecule has 1 heterocycles. The second kappa shape index (κ2) is 4.27. The van der Waals surface area contributed by atoms with Crippen molar-refractivity contribution in [3.63, 3.8) is 0 Å². The number of hydrogen-bond acceptors (Lipinski definition) is 2. The van der Waals surface area contributed by atoms with E-state index in [1.54, 1.807) is 0 Å². The molecule has 2 nitrogen and oxygen atoms in total. The maximum atomic E-state index is 12.4. The van der Waals surface area contributed by atoms with Gasteiger partial charge in [0.1, 0.15) is 0 Å². The Morgan fingerprint density at radius 2 is 2.14 bits per heavy atom. The van der Waals surface area contributed by atoms with Gasteiger partial charge in [0.2, 0.25) is 0 Å². The van der Waals surface area contributed by atoms with Crippen LogP contribution in [0.1, 0.15) is 11.8 Å². The van der Waals surface area contributed by atoms with Crippen LogP contribution >= 0.6 is 15.9 Å². The summed E-state index contributed by atoms with van der Waals surface area (Å²) in [6, 6.07) is 3.02. The van der Waals surface area contributed by atoms with Gasteiger partial charge in [-0.2, -0.15) is 13.2 Å². The third kappa shape index (κ3) is 2.45. The molecule has 1 aromatic rings. The molecule has 0 aromatic carbocycles. The maximum Gasteiger partial charge on any atom is 0.420 e. The molecular weight excluding hydrogens is 263 g/mol. The number of hydrogen-bond donors (Lipinski definition) is 0. The van der Waals surface area contributed by atoms with Crippen molar-refractivity contribution in [1.29, 1.82) is 0 Å². The van der Waals surface area contributed by atoms with Crippen LogP contribution in [-0.2, 0) is 4.74 Å². The molecule has 0 saturated carbocycles. The highest BCUT2D eigenvalue weighted by atomic mass is 79.9. The Morgan fingerprint density at radius 1 is 1.50 bits per heavy atom. The minimum atomic E-state index is -4.45. The minimum Gasteiger partial charge on any atom is -0.366 e. The highest BCUT2D eigenvalue weighted by molar-refractivity contribution is 9.10. The minimum absolute atomic E-state index is 0.164. The molecule has 1 aromatic heterocycles. The first-order valence-electron chi connectivity index (χ1n) is 3.66. The zero-order chi connectivity index (χ0) is 10.8. The first-order valence-corrected chi connectivity index (χ1v) is 4.46. The molecule has 14 heavy (non-hydrogen) atoms. The molecular formula is C8H7BrF3NO. The molecule has 78 valence electrons. The number of nitrogens with zero attached hydrogens (tertiary/aromatic N) is 1. The summed E-state index contributed by atoms with van der Waals surface area (Å²) in [5.41, 5.74) is -0.164. The van der Waals surface area contributed by atoms with Crippen LogP contribution in [-0.4, -0.2) is 18.3 Å². The Labute approximate surface area is 87.2 Å². The molecule has 0 radical (unpaired) electrons. The van der Waals surface area contributed by atoms with Crippen LogP contribution in [0, 0.1) is 0 Å². The first kappa shape index (κ1) is 11.5. The van der Waals surface area contributed by atoms with Crippen LogP contribution in [0.5, 0.6) is 0 Å². The topological polar surface area (TPSA) is 22.1 Å². The second-order valence-corrected chi connectivity index (χ2v) is 3.38. The van der Waals surface area contributed by atoms with Crippen molar-refractivity contribution in [3.05, 3.63) is 28.5 Å². The van der Waals surface area contributed by atoms with Crippen molar-refractivity contribution in [2.24, 2.45) is 0 Å². The SMILES string of the molecule is COC(c1ncccc1Br)C(F)(F)F. The largest absolute Gasteiger partial charge is 0.420 e. The highest BCUT2D eigenvalue weighted by Gasteiger charge is 2.43. The predicted octanol–water partition coefficient (Wildman–Crippen LogP) is 3.09. The molecule has 0 bridgehead atoms. The van der Waals surface area contributed by atoms with Gasteiger partial charge in [-0.25, -0.2) is 0 Å². The van der Waals surface area contributed by atoms with Crippen LogP contribution in [0.25, 0.3) is 0 Å². The van der Waals surface area contributed by atoms with Gasteiger partial charge in [-0.15, -0.1) is 0 Å². The van der Waals surface area contributed by atoms with Crippen molar-refractivity contribution in [1.82, 2.24) is 4.98 Å². The van der Waals surface area contributed by atoms with Gasteiger partial charge < -0.3 is 4.74 Å². The molecule has 0 aliphatic carbocycles. The Balaban J connectivity index is 3.08. The normalized spacial score (nSPS) is 14.1. The summed E-state index contributed by atoms with van der Waals surface area (Å²) in [5, 5.41) is 0. The third-order valence-corrected chi connectivity index (χ3v) is 2.24. The van der Waals surface area contributed by atoms with Crippen molar-refractivity contribution >= 4 is 15.9 Å². The number of aromatic nitrogens is 1. The van der Waals surface area contributed by atoms with E-state index in [4.69, 9.17) is 0 Å². The average molecular weight is 270 g/mol. The van der Waals surface area contributed by atoms with E-state index in [2.05, 4.69) is 25.7 Å².